The molecule has 1 heterocycles. The Balaban J connectivity index is 2.41. The first-order chi connectivity index (χ1) is 7.58. The number of hydrogen-bond donors (Lipinski definition) is 0. The van der Waals surface area contributed by atoms with E-state index >= 15 is 0 Å². The average Bonchev–Trinajstić information content (AvgIpc) is 2.64. The molecule has 0 radical (unpaired) electrons. The van der Waals surface area contributed by atoms with Crippen molar-refractivity contribution < 1.29 is 9.18 Å². The van der Waals surface area contributed by atoms with E-state index in [9.17, 15) is 9.18 Å². The predicted octanol–water partition coefficient (Wildman–Crippen LogP) is 3.74. The molecule has 0 unspecified atom stereocenters. The van der Waals surface area contributed by atoms with Crippen molar-refractivity contribution in [2.45, 2.75) is 13.8 Å². The highest BCUT2D eigenvalue weighted by molar-refractivity contribution is 7.14. The maximum Gasteiger partial charge on any atom is 0.205 e. The van der Waals surface area contributed by atoms with E-state index in [2.05, 4.69) is 0 Å². The smallest absolute Gasteiger partial charge is 0.205 e. The van der Waals surface area contributed by atoms with Crippen molar-refractivity contribution >= 4 is 17.1 Å². The van der Waals surface area contributed by atoms with E-state index in [1.165, 1.54) is 17.4 Å². The zero-order valence-corrected chi connectivity index (χ0v) is 9.90. The van der Waals surface area contributed by atoms with Gasteiger partial charge in [-0.25, -0.2) is 4.39 Å². The summed E-state index contributed by atoms with van der Waals surface area (Å²) in [5.74, 6) is -0.688. The topological polar surface area (TPSA) is 17.1 Å². The van der Waals surface area contributed by atoms with Crippen LogP contribution in [0.25, 0.3) is 0 Å². The Hall–Kier alpha value is -1.48. The molecule has 2 aromatic rings. The van der Waals surface area contributed by atoms with E-state index in [0.717, 1.165) is 10.4 Å². The van der Waals surface area contributed by atoms with Crippen LogP contribution in [-0.2, 0) is 0 Å². The zero-order valence-electron chi connectivity index (χ0n) is 9.08. The molecule has 1 aromatic carbocycles. The fourth-order valence-corrected chi connectivity index (χ4v) is 2.32. The number of carbonyl (C=O) groups excluding carboxylic acids is 1. The molecule has 2 rings (SSSR count). The Morgan fingerprint density at radius 3 is 2.50 bits per heavy atom. The summed E-state index contributed by atoms with van der Waals surface area (Å²) < 4.78 is 13.6. The van der Waals surface area contributed by atoms with Crippen molar-refractivity contribution in [3.63, 3.8) is 0 Å². The van der Waals surface area contributed by atoms with E-state index in [-0.39, 0.29) is 11.3 Å². The summed E-state index contributed by atoms with van der Waals surface area (Å²) in [5.41, 5.74) is 0.962. The molecule has 0 fully saturated rings. The lowest BCUT2D eigenvalue weighted by molar-refractivity contribution is 0.103. The van der Waals surface area contributed by atoms with Crippen molar-refractivity contribution in [1.82, 2.24) is 0 Å². The lowest BCUT2D eigenvalue weighted by Crippen LogP contribution is -2.02. The molecule has 0 amide bonds. The summed E-state index contributed by atoms with van der Waals surface area (Å²) in [5, 5.41) is 0. The van der Waals surface area contributed by atoms with Gasteiger partial charge in [-0.05, 0) is 43.7 Å². The normalized spacial score (nSPS) is 10.4. The van der Waals surface area contributed by atoms with Gasteiger partial charge in [-0.15, -0.1) is 11.3 Å². The Labute approximate surface area is 97.6 Å². The maximum atomic E-state index is 13.6. The molecule has 0 saturated heterocycles. The van der Waals surface area contributed by atoms with E-state index in [1.807, 2.05) is 13.0 Å². The second-order valence-electron chi connectivity index (χ2n) is 3.72. The largest absolute Gasteiger partial charge is 0.288 e. The van der Waals surface area contributed by atoms with Crippen LogP contribution in [0, 0.1) is 19.7 Å². The number of rotatable bonds is 2. The highest BCUT2D eigenvalue weighted by Gasteiger charge is 2.15. The molecule has 0 saturated carbocycles. The lowest BCUT2D eigenvalue weighted by Gasteiger charge is -2.01. The number of aryl methyl sites for hydroxylation is 2. The minimum atomic E-state index is -0.448. The highest BCUT2D eigenvalue weighted by Crippen LogP contribution is 2.21. The third kappa shape index (κ3) is 2.04. The lowest BCUT2D eigenvalue weighted by atomic mass is 10.1. The second-order valence-corrected chi connectivity index (χ2v) is 5.01. The summed E-state index contributed by atoms with van der Waals surface area (Å²) in [6, 6.07) is 8.28. The molecule has 16 heavy (non-hydrogen) atoms. The molecular formula is C13H11FOS. The minimum absolute atomic E-state index is 0.146. The fourth-order valence-electron chi connectivity index (χ4n) is 1.49. The molecule has 1 aromatic heterocycles. The quantitative estimate of drug-likeness (QED) is 0.723. The van der Waals surface area contributed by atoms with Gasteiger partial charge in [-0.2, -0.15) is 0 Å². The van der Waals surface area contributed by atoms with Crippen LogP contribution in [-0.4, -0.2) is 5.78 Å². The van der Waals surface area contributed by atoms with Crippen molar-refractivity contribution in [3.05, 3.63) is 57.0 Å². The van der Waals surface area contributed by atoms with E-state index < -0.39 is 5.82 Å². The summed E-state index contributed by atoms with van der Waals surface area (Å²) in [6.45, 7) is 3.72. The molecule has 0 N–H and O–H groups in total. The standard InChI is InChI=1S/C13H11FOS/c1-8-3-5-10(11(14)7-8)13(15)12-6-4-9(2)16-12/h3-7H,1-2H3. The summed E-state index contributed by atoms with van der Waals surface area (Å²) in [7, 11) is 0. The van der Waals surface area contributed by atoms with E-state index in [4.69, 9.17) is 0 Å². The molecule has 0 aliphatic heterocycles. The van der Waals surface area contributed by atoms with Gasteiger partial charge in [0, 0.05) is 4.88 Å². The van der Waals surface area contributed by atoms with Crippen molar-refractivity contribution in [2.75, 3.05) is 0 Å². The van der Waals surface area contributed by atoms with Crippen LogP contribution in [0.15, 0.2) is 30.3 Å². The van der Waals surface area contributed by atoms with E-state index in [1.54, 1.807) is 25.1 Å². The van der Waals surface area contributed by atoms with Crippen LogP contribution in [0.2, 0.25) is 0 Å². The van der Waals surface area contributed by atoms with Crippen LogP contribution in [0.5, 0.6) is 0 Å². The fraction of sp³-hybridized carbons (Fsp3) is 0.154. The first-order valence-corrected chi connectivity index (χ1v) is 5.77. The van der Waals surface area contributed by atoms with E-state index in [0.29, 0.717) is 4.88 Å². The van der Waals surface area contributed by atoms with Gasteiger partial charge in [-0.3, -0.25) is 4.79 Å². The summed E-state index contributed by atoms with van der Waals surface area (Å²) in [6.07, 6.45) is 0. The van der Waals surface area contributed by atoms with Crippen molar-refractivity contribution in [3.8, 4) is 0 Å². The SMILES string of the molecule is Cc1ccc(C(=O)c2ccc(C)s2)c(F)c1. The predicted molar refractivity (Wildman–Crippen MR) is 63.6 cm³/mol. The monoisotopic (exact) mass is 234 g/mol. The molecule has 0 atom stereocenters. The molecule has 1 nitrogen and oxygen atoms in total. The Kier molecular flexibility index (Phi) is 2.88. The van der Waals surface area contributed by atoms with Crippen molar-refractivity contribution in [2.24, 2.45) is 0 Å². The molecular weight excluding hydrogens is 223 g/mol. The number of thiophene rings is 1. The van der Waals surface area contributed by atoms with Crippen LogP contribution in [0.4, 0.5) is 4.39 Å². The number of carbonyl (C=O) groups is 1. The number of benzene rings is 1. The molecule has 3 heteroatoms. The van der Waals surface area contributed by atoms with Gasteiger partial charge in [0.1, 0.15) is 5.82 Å². The van der Waals surface area contributed by atoms with Crippen LogP contribution >= 0.6 is 11.3 Å². The third-order valence-corrected chi connectivity index (χ3v) is 3.33. The second kappa shape index (κ2) is 4.18. The van der Waals surface area contributed by atoms with Gasteiger partial charge >= 0.3 is 0 Å². The molecule has 0 spiro atoms. The van der Waals surface area contributed by atoms with Gasteiger partial charge in [0.2, 0.25) is 5.78 Å². The Bertz CT molecular complexity index is 543. The number of ketones is 1. The van der Waals surface area contributed by atoms with Crippen LogP contribution in [0.3, 0.4) is 0 Å². The summed E-state index contributed by atoms with van der Waals surface area (Å²) in [4.78, 5) is 13.6. The van der Waals surface area contributed by atoms with Crippen molar-refractivity contribution in [1.29, 1.82) is 0 Å². The third-order valence-electron chi connectivity index (χ3n) is 2.33. The molecule has 0 aliphatic carbocycles. The zero-order chi connectivity index (χ0) is 11.7. The average molecular weight is 234 g/mol. The van der Waals surface area contributed by atoms with Crippen LogP contribution < -0.4 is 0 Å². The maximum absolute atomic E-state index is 13.6. The van der Waals surface area contributed by atoms with Gasteiger partial charge in [0.25, 0.3) is 0 Å². The summed E-state index contributed by atoms with van der Waals surface area (Å²) >= 11 is 1.39. The number of hydrogen-bond acceptors (Lipinski definition) is 2. The van der Waals surface area contributed by atoms with Gasteiger partial charge in [0.15, 0.2) is 0 Å². The molecule has 82 valence electrons. The minimum Gasteiger partial charge on any atom is -0.288 e. The molecule has 0 bridgehead atoms. The first-order valence-electron chi connectivity index (χ1n) is 4.95. The van der Waals surface area contributed by atoms with Gasteiger partial charge in [0.05, 0.1) is 10.4 Å². The Morgan fingerprint density at radius 1 is 1.19 bits per heavy atom. The van der Waals surface area contributed by atoms with Crippen LogP contribution in [0.1, 0.15) is 25.7 Å². The first kappa shape index (κ1) is 11.0. The van der Waals surface area contributed by atoms with Gasteiger partial charge < -0.3 is 0 Å². The van der Waals surface area contributed by atoms with Gasteiger partial charge in [-0.1, -0.05) is 6.07 Å². The highest BCUT2D eigenvalue weighted by atomic mass is 32.1. The molecule has 0 aliphatic rings. The number of halogens is 1. The Morgan fingerprint density at radius 2 is 1.94 bits per heavy atom.